The SMILES string of the molecule is CC[Si](CC)(CC)O[C@H]1C(=O)[C@]2(C)[C@@H](OC(=O)OCc3ccccc3)C[C@H]3OC[C@@]3(OC(C)=O)[C@H]2[C@H](OC(=O)c2ccccc2)[C@]2(O)C[C@H](O)C(C)=C1C2(C)C. The lowest BCUT2D eigenvalue weighted by Crippen LogP contribution is -2.82. The number of carbonyl (C=O) groups is 4. The first-order valence-corrected chi connectivity index (χ1v) is 22.3. The number of hydrogen-bond acceptors (Lipinski definition) is 12. The third kappa shape index (κ3) is 6.72. The molecular weight excluding hydrogens is 737 g/mol. The Morgan fingerprint density at radius 1 is 0.929 bits per heavy atom. The number of carbonyl (C=O) groups excluding carboxylic acids is 4. The van der Waals surface area contributed by atoms with Crippen molar-refractivity contribution in [3.63, 3.8) is 0 Å². The lowest BCUT2D eigenvalue weighted by Gasteiger charge is -2.67. The molecule has 2 aromatic carbocycles. The fourth-order valence-corrected chi connectivity index (χ4v) is 12.7. The van der Waals surface area contributed by atoms with Crippen LogP contribution in [0.4, 0.5) is 4.79 Å². The molecule has 12 nitrogen and oxygen atoms in total. The molecule has 56 heavy (non-hydrogen) atoms. The van der Waals surface area contributed by atoms with E-state index in [9.17, 15) is 24.6 Å². The van der Waals surface area contributed by atoms with Crippen LogP contribution in [0.3, 0.4) is 0 Å². The van der Waals surface area contributed by atoms with Gasteiger partial charge in [-0.15, -0.1) is 0 Å². The van der Waals surface area contributed by atoms with Crippen LogP contribution in [0, 0.1) is 16.7 Å². The summed E-state index contributed by atoms with van der Waals surface area (Å²) in [5, 5.41) is 25.4. The van der Waals surface area contributed by atoms with Crippen molar-refractivity contribution in [2.24, 2.45) is 16.7 Å². The minimum absolute atomic E-state index is 0.0844. The Labute approximate surface area is 330 Å². The topological polar surface area (TPSA) is 164 Å². The first-order chi connectivity index (χ1) is 26.4. The molecule has 3 aliphatic carbocycles. The molecule has 0 radical (unpaired) electrons. The molecule has 13 heteroatoms. The average molecular weight is 793 g/mol. The summed E-state index contributed by atoms with van der Waals surface area (Å²) in [4.78, 5) is 57.2. The van der Waals surface area contributed by atoms with Gasteiger partial charge < -0.3 is 38.3 Å². The van der Waals surface area contributed by atoms with E-state index in [1.165, 1.54) is 6.92 Å². The predicted molar refractivity (Wildman–Crippen MR) is 207 cm³/mol. The molecule has 9 atom stereocenters. The molecule has 1 heterocycles. The van der Waals surface area contributed by atoms with Crippen LogP contribution in [0.5, 0.6) is 0 Å². The van der Waals surface area contributed by atoms with Gasteiger partial charge in [0, 0.05) is 25.2 Å². The van der Waals surface area contributed by atoms with Crippen LogP contribution in [-0.2, 0) is 44.3 Å². The number of hydrogen-bond donors (Lipinski definition) is 2. The third-order valence-electron chi connectivity index (χ3n) is 13.6. The summed E-state index contributed by atoms with van der Waals surface area (Å²) < 4.78 is 37.8. The number of fused-ring (bicyclic) bond motifs is 5. The van der Waals surface area contributed by atoms with Gasteiger partial charge in [-0.25, -0.2) is 9.59 Å². The quantitative estimate of drug-likeness (QED) is 0.111. The summed E-state index contributed by atoms with van der Waals surface area (Å²) in [7, 11) is -2.67. The van der Waals surface area contributed by atoms with Crippen molar-refractivity contribution in [3.05, 3.63) is 82.9 Å². The van der Waals surface area contributed by atoms with Gasteiger partial charge in [0.05, 0.1) is 29.6 Å². The largest absolute Gasteiger partial charge is 0.508 e. The number of rotatable bonds is 11. The highest BCUT2D eigenvalue weighted by Crippen LogP contribution is 2.65. The molecule has 1 saturated heterocycles. The second kappa shape index (κ2) is 15.5. The Balaban J connectivity index is 1.61. The van der Waals surface area contributed by atoms with E-state index in [1.807, 2.05) is 39.0 Å². The maximum Gasteiger partial charge on any atom is 0.508 e. The maximum atomic E-state index is 16.1. The monoisotopic (exact) mass is 792 g/mol. The lowest BCUT2D eigenvalue weighted by molar-refractivity contribution is -0.346. The molecule has 2 N–H and O–H groups in total. The number of esters is 2. The van der Waals surface area contributed by atoms with Crippen LogP contribution in [0.1, 0.15) is 84.2 Å². The van der Waals surface area contributed by atoms with Crippen LogP contribution < -0.4 is 0 Å². The highest BCUT2D eigenvalue weighted by Gasteiger charge is 2.79. The summed E-state index contributed by atoms with van der Waals surface area (Å²) in [5.74, 6) is -3.37. The van der Waals surface area contributed by atoms with E-state index in [4.69, 9.17) is 28.1 Å². The molecule has 2 aromatic rings. The number of aliphatic hydroxyl groups is 2. The van der Waals surface area contributed by atoms with Gasteiger partial charge in [-0.1, -0.05) is 83.1 Å². The average Bonchev–Trinajstić information content (AvgIpc) is 3.17. The zero-order valence-corrected chi connectivity index (χ0v) is 34.7. The Hall–Kier alpha value is -3.88. The molecule has 1 aliphatic heterocycles. The van der Waals surface area contributed by atoms with Gasteiger partial charge in [0.25, 0.3) is 0 Å². The number of aliphatic hydroxyl groups excluding tert-OH is 1. The lowest BCUT2D eigenvalue weighted by atomic mass is 9.44. The molecule has 304 valence electrons. The highest BCUT2D eigenvalue weighted by atomic mass is 28.4. The van der Waals surface area contributed by atoms with Gasteiger partial charge in [0.1, 0.15) is 36.6 Å². The van der Waals surface area contributed by atoms with Crippen molar-refractivity contribution in [3.8, 4) is 0 Å². The molecule has 6 rings (SSSR count). The standard InChI is InChI=1S/C43H56O12Si/c1-9-56(10-2,11-3)55-34-33-26(4)30(45)23-43(49,40(33,6)7)37(53-38(47)29-20-16-13-17-21-29)35-41(8,36(34)46)31(22-32-42(35,25-51-32)54-27(5)44)52-39(48)50-24-28-18-14-12-15-19-28/h12-21,30-32,34-35,37,45,49H,9-11,22-25H2,1-8H3/t30-,31-,32+,34+,35-,37-,41+,42-,43+/m0/s1. The number of Topliss-reactive ketones (excluding diaryl/α,β-unsaturated/α-hetero) is 1. The molecule has 0 unspecified atom stereocenters. The van der Waals surface area contributed by atoms with E-state index in [2.05, 4.69) is 0 Å². The van der Waals surface area contributed by atoms with E-state index < -0.39 is 90.7 Å². The van der Waals surface area contributed by atoms with Crippen molar-refractivity contribution in [1.82, 2.24) is 0 Å². The number of ether oxygens (including phenoxy) is 5. The molecule has 0 aromatic heterocycles. The fourth-order valence-electron chi connectivity index (χ4n) is 10.0. The van der Waals surface area contributed by atoms with E-state index >= 15 is 4.79 Å². The van der Waals surface area contributed by atoms with E-state index in [-0.39, 0.29) is 31.6 Å². The summed E-state index contributed by atoms with van der Waals surface area (Å²) in [6.45, 7) is 13.9. The van der Waals surface area contributed by atoms with Gasteiger partial charge >= 0.3 is 18.1 Å². The zero-order chi connectivity index (χ0) is 40.8. The molecule has 0 spiro atoms. The first kappa shape index (κ1) is 41.7. The number of benzene rings is 2. The van der Waals surface area contributed by atoms with Crippen molar-refractivity contribution in [2.45, 2.75) is 135 Å². The van der Waals surface area contributed by atoms with Crippen molar-refractivity contribution in [1.29, 1.82) is 0 Å². The second-order valence-corrected chi connectivity index (χ2v) is 21.4. The second-order valence-electron chi connectivity index (χ2n) is 16.6. The fraction of sp³-hybridized carbons (Fsp3) is 0.581. The first-order valence-electron chi connectivity index (χ1n) is 19.7. The van der Waals surface area contributed by atoms with Crippen LogP contribution in [-0.4, -0.2) is 90.7 Å². The van der Waals surface area contributed by atoms with Gasteiger partial charge in [0.2, 0.25) is 0 Å². The minimum Gasteiger partial charge on any atom is -0.455 e. The zero-order valence-electron chi connectivity index (χ0n) is 33.7. The molecule has 4 aliphatic rings. The molecule has 2 bridgehead atoms. The third-order valence-corrected chi connectivity index (χ3v) is 18.2. The van der Waals surface area contributed by atoms with Crippen molar-refractivity contribution in [2.75, 3.05) is 6.61 Å². The summed E-state index contributed by atoms with van der Waals surface area (Å²) >= 11 is 0. The molecular formula is C43H56O12Si. The maximum absolute atomic E-state index is 16.1. The minimum atomic E-state index is -2.67. The van der Waals surface area contributed by atoms with E-state index in [1.54, 1.807) is 70.2 Å². The molecule has 3 fully saturated rings. The molecule has 0 amide bonds. The van der Waals surface area contributed by atoms with Gasteiger partial charge in [-0.3, -0.25) is 9.59 Å². The van der Waals surface area contributed by atoms with Crippen LogP contribution in [0.15, 0.2) is 71.8 Å². The molecule has 2 saturated carbocycles. The normalized spacial score (nSPS) is 33.4. The van der Waals surface area contributed by atoms with Crippen molar-refractivity contribution >= 4 is 32.2 Å². The summed E-state index contributed by atoms with van der Waals surface area (Å²) in [6, 6.07) is 19.3. The van der Waals surface area contributed by atoms with Gasteiger partial charge in [0.15, 0.2) is 19.7 Å². The predicted octanol–water partition coefficient (Wildman–Crippen LogP) is 6.47. The smallest absolute Gasteiger partial charge is 0.455 e. The van der Waals surface area contributed by atoms with Crippen LogP contribution >= 0.6 is 0 Å². The highest BCUT2D eigenvalue weighted by molar-refractivity contribution is 6.73. The van der Waals surface area contributed by atoms with Crippen molar-refractivity contribution < 1.29 is 57.5 Å². The van der Waals surface area contributed by atoms with Crippen LogP contribution in [0.25, 0.3) is 0 Å². The van der Waals surface area contributed by atoms with Crippen LogP contribution in [0.2, 0.25) is 18.1 Å². The van der Waals surface area contributed by atoms with E-state index in [0.29, 0.717) is 29.3 Å². The Morgan fingerprint density at radius 3 is 2.09 bits per heavy atom. The van der Waals surface area contributed by atoms with Gasteiger partial charge in [-0.05, 0) is 60.8 Å². The Bertz CT molecular complexity index is 1830. The number of ketones is 1. The Morgan fingerprint density at radius 2 is 1.54 bits per heavy atom. The van der Waals surface area contributed by atoms with Gasteiger partial charge in [-0.2, -0.15) is 0 Å². The van der Waals surface area contributed by atoms with E-state index in [0.717, 1.165) is 5.56 Å². The summed E-state index contributed by atoms with van der Waals surface area (Å²) in [5.41, 5.74) is -5.21. The Kier molecular flexibility index (Phi) is 11.5. The summed E-state index contributed by atoms with van der Waals surface area (Å²) in [6.07, 6.45) is -7.85.